The molecular weight excluding hydrogens is 220 g/mol. The van der Waals surface area contributed by atoms with Crippen LogP contribution in [0, 0.1) is 23.7 Å². The first-order chi connectivity index (χ1) is 8.47. The lowest BCUT2D eigenvalue weighted by Crippen LogP contribution is -2.17. The van der Waals surface area contributed by atoms with E-state index < -0.39 is 0 Å². The average Bonchev–Trinajstić information content (AvgIpc) is 2.26. The van der Waals surface area contributed by atoms with E-state index in [1.54, 1.807) is 0 Å². The zero-order chi connectivity index (χ0) is 13.5. The zero-order valence-electron chi connectivity index (χ0n) is 12.9. The molecule has 1 aliphatic carbocycles. The predicted octanol–water partition coefficient (Wildman–Crippen LogP) is 5.23. The second-order valence-electron chi connectivity index (χ2n) is 7.19. The van der Waals surface area contributed by atoms with Crippen LogP contribution in [0.5, 0.6) is 0 Å². The van der Waals surface area contributed by atoms with Crippen molar-refractivity contribution in [1.82, 2.24) is 0 Å². The van der Waals surface area contributed by atoms with Crippen LogP contribution in [0.3, 0.4) is 0 Å². The number of ketones is 1. The van der Waals surface area contributed by atoms with Gasteiger partial charge in [-0.3, -0.25) is 4.79 Å². The first-order valence-electron chi connectivity index (χ1n) is 7.99. The fourth-order valence-corrected chi connectivity index (χ4v) is 3.35. The minimum atomic E-state index is 0.481. The van der Waals surface area contributed by atoms with Crippen molar-refractivity contribution < 1.29 is 4.79 Å². The van der Waals surface area contributed by atoms with Crippen LogP contribution in [0.1, 0.15) is 79.1 Å². The van der Waals surface area contributed by atoms with Crippen molar-refractivity contribution >= 4 is 5.78 Å². The van der Waals surface area contributed by atoms with Gasteiger partial charge >= 0.3 is 0 Å². The minimum Gasteiger partial charge on any atom is -0.300 e. The molecule has 0 aromatic carbocycles. The molecule has 0 spiro atoms. The quantitative estimate of drug-likeness (QED) is 0.606. The predicted molar refractivity (Wildman–Crippen MR) is 78.6 cm³/mol. The highest BCUT2D eigenvalue weighted by molar-refractivity contribution is 5.78. The summed E-state index contributed by atoms with van der Waals surface area (Å²) in [5.41, 5.74) is 0. The highest BCUT2D eigenvalue weighted by Crippen LogP contribution is 2.34. The Kier molecular flexibility index (Phi) is 6.96. The van der Waals surface area contributed by atoms with Gasteiger partial charge in [0.2, 0.25) is 0 Å². The molecule has 0 bridgehead atoms. The Morgan fingerprint density at radius 2 is 1.50 bits per heavy atom. The molecule has 1 rings (SSSR count). The summed E-state index contributed by atoms with van der Waals surface area (Å²) in [6.07, 6.45) is 9.71. The van der Waals surface area contributed by atoms with E-state index in [0.29, 0.717) is 11.7 Å². The van der Waals surface area contributed by atoms with Crippen LogP contribution in [0.15, 0.2) is 0 Å². The molecule has 0 N–H and O–H groups in total. The topological polar surface area (TPSA) is 17.1 Å². The largest absolute Gasteiger partial charge is 0.300 e. The number of hydrogen-bond donors (Lipinski definition) is 0. The van der Waals surface area contributed by atoms with E-state index in [1.165, 1.54) is 32.1 Å². The van der Waals surface area contributed by atoms with Crippen LogP contribution >= 0.6 is 0 Å². The minimum absolute atomic E-state index is 0.481. The highest BCUT2D eigenvalue weighted by atomic mass is 16.1. The Balaban J connectivity index is 2.14. The van der Waals surface area contributed by atoms with Crippen molar-refractivity contribution in [2.45, 2.75) is 79.1 Å². The molecule has 0 aromatic rings. The van der Waals surface area contributed by atoms with Crippen LogP contribution in [0.25, 0.3) is 0 Å². The third kappa shape index (κ3) is 6.56. The molecule has 1 nitrogen and oxygen atoms in total. The Hall–Kier alpha value is -0.330. The van der Waals surface area contributed by atoms with Gasteiger partial charge in [0.25, 0.3) is 0 Å². The molecule has 0 aromatic heterocycles. The van der Waals surface area contributed by atoms with Gasteiger partial charge in [-0.1, -0.05) is 53.4 Å². The molecule has 0 atom stereocenters. The van der Waals surface area contributed by atoms with Gasteiger partial charge in [0.05, 0.1) is 0 Å². The van der Waals surface area contributed by atoms with Gasteiger partial charge in [-0.25, -0.2) is 0 Å². The van der Waals surface area contributed by atoms with Crippen LogP contribution in [-0.4, -0.2) is 5.78 Å². The summed E-state index contributed by atoms with van der Waals surface area (Å²) in [4.78, 5) is 11.7. The lowest BCUT2D eigenvalue weighted by molar-refractivity contribution is -0.120. The second kappa shape index (κ2) is 7.96. The lowest BCUT2D eigenvalue weighted by Gasteiger charge is -2.29. The van der Waals surface area contributed by atoms with Gasteiger partial charge in [-0.15, -0.1) is 0 Å². The molecule has 0 unspecified atom stereocenters. The van der Waals surface area contributed by atoms with E-state index in [0.717, 1.165) is 37.0 Å². The van der Waals surface area contributed by atoms with Gasteiger partial charge in [-0.2, -0.15) is 0 Å². The van der Waals surface area contributed by atoms with Crippen molar-refractivity contribution in [3.63, 3.8) is 0 Å². The number of hydrogen-bond acceptors (Lipinski definition) is 1. The van der Waals surface area contributed by atoms with E-state index in [1.807, 2.05) is 0 Å². The van der Waals surface area contributed by atoms with Crippen molar-refractivity contribution in [1.29, 1.82) is 0 Å². The van der Waals surface area contributed by atoms with Crippen LogP contribution < -0.4 is 0 Å². The third-order valence-electron chi connectivity index (χ3n) is 4.24. The van der Waals surface area contributed by atoms with Gasteiger partial charge in [0.1, 0.15) is 5.78 Å². The fraction of sp³-hybridized carbons (Fsp3) is 0.941. The molecule has 0 radical (unpaired) electrons. The molecule has 1 saturated carbocycles. The summed E-state index contributed by atoms with van der Waals surface area (Å²) < 4.78 is 0. The third-order valence-corrected chi connectivity index (χ3v) is 4.24. The molecule has 106 valence electrons. The smallest absolute Gasteiger partial charge is 0.133 e. The number of Topliss-reactive ketones (excluding diaryl/α,β-unsaturated/α-hetero) is 1. The van der Waals surface area contributed by atoms with Crippen LogP contribution in [0.2, 0.25) is 0 Å². The summed E-state index contributed by atoms with van der Waals surface area (Å²) in [7, 11) is 0. The maximum atomic E-state index is 11.7. The lowest BCUT2D eigenvalue weighted by atomic mass is 9.77. The monoisotopic (exact) mass is 252 g/mol. The van der Waals surface area contributed by atoms with Crippen LogP contribution in [-0.2, 0) is 4.79 Å². The van der Waals surface area contributed by atoms with Crippen molar-refractivity contribution in [3.05, 3.63) is 0 Å². The summed E-state index contributed by atoms with van der Waals surface area (Å²) in [6, 6.07) is 0. The number of rotatable bonds is 7. The van der Waals surface area contributed by atoms with E-state index in [4.69, 9.17) is 0 Å². The van der Waals surface area contributed by atoms with E-state index >= 15 is 0 Å². The molecule has 0 heterocycles. The van der Waals surface area contributed by atoms with Gasteiger partial charge < -0.3 is 0 Å². The van der Waals surface area contributed by atoms with E-state index in [2.05, 4.69) is 27.7 Å². The molecule has 0 amide bonds. The zero-order valence-corrected chi connectivity index (χ0v) is 12.9. The molecule has 1 heteroatoms. The number of carbonyl (C=O) groups excluding carboxylic acids is 1. The van der Waals surface area contributed by atoms with E-state index in [-0.39, 0.29) is 0 Å². The Morgan fingerprint density at radius 3 is 2.00 bits per heavy atom. The first-order valence-corrected chi connectivity index (χ1v) is 7.99. The van der Waals surface area contributed by atoms with Crippen molar-refractivity contribution in [2.24, 2.45) is 23.7 Å². The maximum absolute atomic E-state index is 11.7. The van der Waals surface area contributed by atoms with Crippen LogP contribution in [0.4, 0.5) is 0 Å². The van der Waals surface area contributed by atoms with Crippen molar-refractivity contribution in [2.75, 3.05) is 0 Å². The standard InChI is InChI=1S/C17H32O/c1-13(2)11-16-7-5-15(6-8-16)9-10-17(18)12-14(3)4/h13-16H,5-12H2,1-4H3. The molecular formula is C17H32O. The van der Waals surface area contributed by atoms with Crippen molar-refractivity contribution in [3.8, 4) is 0 Å². The Bertz CT molecular complexity index is 234. The van der Waals surface area contributed by atoms with Gasteiger partial charge in [-0.05, 0) is 36.5 Å². The summed E-state index contributed by atoms with van der Waals surface area (Å²) >= 11 is 0. The Labute approximate surface area is 114 Å². The fourth-order valence-electron chi connectivity index (χ4n) is 3.35. The number of carbonyl (C=O) groups is 1. The van der Waals surface area contributed by atoms with E-state index in [9.17, 15) is 4.79 Å². The summed E-state index contributed by atoms with van der Waals surface area (Å²) in [5.74, 6) is 3.66. The summed E-state index contributed by atoms with van der Waals surface area (Å²) in [5, 5.41) is 0. The molecule has 1 fully saturated rings. The SMILES string of the molecule is CC(C)CC(=O)CCC1CCC(CC(C)C)CC1. The second-order valence-corrected chi connectivity index (χ2v) is 7.19. The molecule has 0 aliphatic heterocycles. The summed E-state index contributed by atoms with van der Waals surface area (Å²) in [6.45, 7) is 8.93. The van der Waals surface area contributed by atoms with Gasteiger partial charge in [0.15, 0.2) is 0 Å². The molecule has 18 heavy (non-hydrogen) atoms. The normalized spacial score (nSPS) is 24.8. The Morgan fingerprint density at radius 1 is 0.944 bits per heavy atom. The highest BCUT2D eigenvalue weighted by Gasteiger charge is 2.22. The first kappa shape index (κ1) is 15.7. The average molecular weight is 252 g/mol. The molecule has 0 saturated heterocycles. The maximum Gasteiger partial charge on any atom is 0.133 e. The molecule has 1 aliphatic rings. The van der Waals surface area contributed by atoms with Gasteiger partial charge in [0, 0.05) is 12.8 Å².